The number of nitrogens with zero attached hydrogens (tertiary/aromatic N) is 2. The molecule has 0 aromatic carbocycles. The summed E-state index contributed by atoms with van der Waals surface area (Å²) in [7, 11) is 0. The van der Waals surface area contributed by atoms with E-state index in [2.05, 4.69) is 22.0 Å². The van der Waals surface area contributed by atoms with E-state index >= 15 is 0 Å². The third kappa shape index (κ3) is 5.95. The van der Waals surface area contributed by atoms with Crippen molar-refractivity contribution in [2.45, 2.75) is 64.3 Å². The van der Waals surface area contributed by atoms with Crippen molar-refractivity contribution in [1.29, 1.82) is 0 Å². The van der Waals surface area contributed by atoms with Crippen molar-refractivity contribution in [3.05, 3.63) is 0 Å². The molecular weight excluding hydrogens is 262 g/mol. The van der Waals surface area contributed by atoms with E-state index in [-0.39, 0.29) is 0 Å². The second-order valence-electron chi connectivity index (χ2n) is 6.68. The molecule has 21 heavy (non-hydrogen) atoms. The van der Waals surface area contributed by atoms with E-state index in [0.717, 1.165) is 32.7 Å². The molecule has 0 spiro atoms. The number of carbonyl (C=O) groups excluding carboxylic acids is 1. The van der Waals surface area contributed by atoms with Crippen LogP contribution in [0.1, 0.15) is 58.3 Å². The van der Waals surface area contributed by atoms with Crippen LogP contribution in [0.3, 0.4) is 0 Å². The molecule has 0 aromatic rings. The summed E-state index contributed by atoms with van der Waals surface area (Å²) >= 11 is 0. The highest BCUT2D eigenvalue weighted by molar-refractivity contribution is 5.78. The molecule has 1 atom stereocenters. The number of amides is 1. The molecule has 0 aromatic heterocycles. The monoisotopic (exact) mass is 295 g/mol. The van der Waals surface area contributed by atoms with E-state index in [1.807, 2.05) is 0 Å². The molecule has 0 bridgehead atoms. The number of likely N-dealkylation sites (tertiary alicyclic amines) is 1. The fourth-order valence-electron chi connectivity index (χ4n) is 3.45. The molecule has 1 amide bonds. The standard InChI is InChI=1S/C17H33N3O/c1-2-3-11-19(14-16-9-8-10-18-16)15-17(21)20-12-6-4-5-7-13-20/h16,18H,2-15H2,1H3. The molecule has 2 aliphatic heterocycles. The van der Waals surface area contributed by atoms with Crippen LogP contribution in [0.5, 0.6) is 0 Å². The molecule has 2 saturated heterocycles. The largest absolute Gasteiger partial charge is 0.342 e. The van der Waals surface area contributed by atoms with Gasteiger partial charge in [-0.3, -0.25) is 9.69 Å². The summed E-state index contributed by atoms with van der Waals surface area (Å²) in [5.41, 5.74) is 0. The van der Waals surface area contributed by atoms with Gasteiger partial charge in [0.15, 0.2) is 0 Å². The summed E-state index contributed by atoms with van der Waals surface area (Å²) in [5, 5.41) is 3.56. The normalized spacial score (nSPS) is 23.5. The smallest absolute Gasteiger partial charge is 0.236 e. The van der Waals surface area contributed by atoms with E-state index in [9.17, 15) is 4.79 Å². The van der Waals surface area contributed by atoms with Crippen LogP contribution in [0.15, 0.2) is 0 Å². The van der Waals surface area contributed by atoms with Crippen LogP contribution in [0.4, 0.5) is 0 Å². The predicted molar refractivity (Wildman–Crippen MR) is 87.4 cm³/mol. The number of hydrogen-bond donors (Lipinski definition) is 1. The Morgan fingerprint density at radius 1 is 1.19 bits per heavy atom. The van der Waals surface area contributed by atoms with Gasteiger partial charge in [0.2, 0.25) is 5.91 Å². The zero-order valence-corrected chi connectivity index (χ0v) is 13.8. The molecule has 2 rings (SSSR count). The Morgan fingerprint density at radius 3 is 2.57 bits per heavy atom. The lowest BCUT2D eigenvalue weighted by Crippen LogP contribution is -2.45. The zero-order chi connectivity index (χ0) is 14.9. The SMILES string of the molecule is CCCCN(CC(=O)N1CCCCCC1)CC1CCCN1. The number of nitrogens with one attached hydrogen (secondary N) is 1. The third-order valence-electron chi connectivity index (χ3n) is 4.79. The van der Waals surface area contributed by atoms with E-state index < -0.39 is 0 Å². The van der Waals surface area contributed by atoms with Crippen molar-refractivity contribution in [2.24, 2.45) is 0 Å². The average molecular weight is 295 g/mol. The van der Waals surface area contributed by atoms with Gasteiger partial charge in [-0.15, -0.1) is 0 Å². The molecule has 1 N–H and O–H groups in total. The lowest BCUT2D eigenvalue weighted by molar-refractivity contribution is -0.132. The van der Waals surface area contributed by atoms with Gasteiger partial charge in [0.1, 0.15) is 0 Å². The molecular formula is C17H33N3O. The van der Waals surface area contributed by atoms with Crippen LogP contribution < -0.4 is 5.32 Å². The number of carbonyl (C=O) groups is 1. The van der Waals surface area contributed by atoms with Gasteiger partial charge in [-0.2, -0.15) is 0 Å². The number of unbranched alkanes of at least 4 members (excludes halogenated alkanes) is 1. The van der Waals surface area contributed by atoms with Gasteiger partial charge in [0, 0.05) is 25.7 Å². The van der Waals surface area contributed by atoms with Crippen LogP contribution >= 0.6 is 0 Å². The van der Waals surface area contributed by atoms with Gasteiger partial charge in [0.05, 0.1) is 6.54 Å². The summed E-state index contributed by atoms with van der Waals surface area (Å²) < 4.78 is 0. The summed E-state index contributed by atoms with van der Waals surface area (Å²) in [6, 6.07) is 0.596. The maximum atomic E-state index is 12.6. The molecule has 0 aliphatic carbocycles. The van der Waals surface area contributed by atoms with Gasteiger partial charge in [-0.25, -0.2) is 0 Å². The highest BCUT2D eigenvalue weighted by Crippen LogP contribution is 2.12. The van der Waals surface area contributed by atoms with Crippen LogP contribution in [-0.4, -0.2) is 61.0 Å². The highest BCUT2D eigenvalue weighted by atomic mass is 16.2. The number of hydrogen-bond acceptors (Lipinski definition) is 3. The second kappa shape index (κ2) is 9.42. The lowest BCUT2D eigenvalue weighted by atomic mass is 10.2. The van der Waals surface area contributed by atoms with Crippen molar-refractivity contribution in [2.75, 3.05) is 39.3 Å². The molecule has 4 nitrogen and oxygen atoms in total. The van der Waals surface area contributed by atoms with E-state index in [1.165, 1.54) is 51.4 Å². The van der Waals surface area contributed by atoms with E-state index in [0.29, 0.717) is 18.5 Å². The molecule has 2 fully saturated rings. The quantitative estimate of drug-likeness (QED) is 0.782. The Labute approximate surface area is 130 Å². The fraction of sp³-hybridized carbons (Fsp3) is 0.941. The first-order chi connectivity index (χ1) is 10.3. The van der Waals surface area contributed by atoms with Crippen LogP contribution in [0, 0.1) is 0 Å². The third-order valence-corrected chi connectivity index (χ3v) is 4.79. The summed E-state index contributed by atoms with van der Waals surface area (Å²) in [6.45, 7) is 8.05. The molecule has 4 heteroatoms. The van der Waals surface area contributed by atoms with Crippen molar-refractivity contribution in [1.82, 2.24) is 15.1 Å². The van der Waals surface area contributed by atoms with Crippen LogP contribution in [0.2, 0.25) is 0 Å². The summed E-state index contributed by atoms with van der Waals surface area (Å²) in [6.07, 6.45) is 9.89. The first-order valence-electron chi connectivity index (χ1n) is 9.03. The Morgan fingerprint density at radius 2 is 1.95 bits per heavy atom. The summed E-state index contributed by atoms with van der Waals surface area (Å²) in [5.74, 6) is 0.353. The minimum absolute atomic E-state index is 0.353. The summed E-state index contributed by atoms with van der Waals surface area (Å²) in [4.78, 5) is 17.1. The second-order valence-corrected chi connectivity index (χ2v) is 6.68. The van der Waals surface area contributed by atoms with Gasteiger partial charge in [-0.1, -0.05) is 26.2 Å². The highest BCUT2D eigenvalue weighted by Gasteiger charge is 2.22. The fourth-order valence-corrected chi connectivity index (χ4v) is 3.45. The molecule has 122 valence electrons. The average Bonchev–Trinajstić information content (AvgIpc) is 2.84. The minimum atomic E-state index is 0.353. The van der Waals surface area contributed by atoms with Crippen molar-refractivity contribution < 1.29 is 4.79 Å². The molecule has 1 unspecified atom stereocenters. The van der Waals surface area contributed by atoms with Crippen LogP contribution in [-0.2, 0) is 4.79 Å². The van der Waals surface area contributed by atoms with Crippen molar-refractivity contribution in [3.63, 3.8) is 0 Å². The Bertz CT molecular complexity index is 294. The maximum absolute atomic E-state index is 12.6. The molecule has 0 saturated carbocycles. The Kier molecular flexibility index (Phi) is 7.51. The van der Waals surface area contributed by atoms with Crippen molar-refractivity contribution >= 4 is 5.91 Å². The Balaban J connectivity index is 1.81. The molecule has 2 heterocycles. The van der Waals surface area contributed by atoms with Gasteiger partial charge in [0.25, 0.3) is 0 Å². The van der Waals surface area contributed by atoms with E-state index in [1.54, 1.807) is 0 Å². The number of rotatable bonds is 7. The van der Waals surface area contributed by atoms with Gasteiger partial charge < -0.3 is 10.2 Å². The predicted octanol–water partition coefficient (Wildman–Crippen LogP) is 2.24. The van der Waals surface area contributed by atoms with Gasteiger partial charge >= 0.3 is 0 Å². The molecule has 0 radical (unpaired) electrons. The minimum Gasteiger partial charge on any atom is -0.342 e. The molecule has 2 aliphatic rings. The van der Waals surface area contributed by atoms with E-state index in [4.69, 9.17) is 0 Å². The topological polar surface area (TPSA) is 35.6 Å². The van der Waals surface area contributed by atoms with Gasteiger partial charge in [-0.05, 0) is 45.2 Å². The maximum Gasteiger partial charge on any atom is 0.236 e. The lowest BCUT2D eigenvalue weighted by Gasteiger charge is -2.28. The van der Waals surface area contributed by atoms with Crippen molar-refractivity contribution in [3.8, 4) is 0 Å². The first-order valence-corrected chi connectivity index (χ1v) is 9.03. The Hall–Kier alpha value is -0.610. The van der Waals surface area contributed by atoms with Crippen LogP contribution in [0.25, 0.3) is 0 Å². The zero-order valence-electron chi connectivity index (χ0n) is 13.8. The first kappa shape index (κ1) is 16.8.